The first kappa shape index (κ1) is 13.7. The van der Waals surface area contributed by atoms with Crippen molar-refractivity contribution in [2.75, 3.05) is 11.9 Å². The molecule has 16 heavy (non-hydrogen) atoms. The van der Waals surface area contributed by atoms with Gasteiger partial charge in [0.25, 0.3) is 0 Å². The maximum absolute atomic E-state index is 11.9. The zero-order valence-corrected chi connectivity index (χ0v) is 12.4. The number of nitrogens with two attached hydrogens (primary N) is 1. The van der Waals surface area contributed by atoms with E-state index in [4.69, 9.17) is 5.73 Å². The number of rotatable bonds is 3. The standard InChI is InChI=1S/C11H14Br2N2O/c1-11(2,6-14)10(16)15-9-7(12)4-3-5-8(9)13/h3-5H,6,14H2,1-2H3,(H,15,16). The summed E-state index contributed by atoms with van der Waals surface area (Å²) >= 11 is 6.78. The normalized spacial score (nSPS) is 11.3. The predicted octanol–water partition coefficient (Wildman–Crippen LogP) is 3.14. The molecule has 0 heterocycles. The summed E-state index contributed by atoms with van der Waals surface area (Å²) in [5.41, 5.74) is 5.71. The number of benzene rings is 1. The van der Waals surface area contributed by atoms with E-state index in [1.54, 1.807) is 0 Å². The fourth-order valence-electron chi connectivity index (χ4n) is 0.993. The molecule has 1 amide bonds. The molecule has 0 radical (unpaired) electrons. The Morgan fingerprint density at radius 1 is 1.38 bits per heavy atom. The zero-order chi connectivity index (χ0) is 12.3. The molecule has 3 nitrogen and oxygen atoms in total. The van der Waals surface area contributed by atoms with Crippen LogP contribution in [0.2, 0.25) is 0 Å². The predicted molar refractivity (Wildman–Crippen MR) is 73.3 cm³/mol. The molecule has 0 aliphatic carbocycles. The lowest BCUT2D eigenvalue weighted by Gasteiger charge is -2.22. The number of amides is 1. The molecule has 0 saturated carbocycles. The van der Waals surface area contributed by atoms with Crippen LogP contribution in [0.25, 0.3) is 0 Å². The summed E-state index contributed by atoms with van der Waals surface area (Å²) in [7, 11) is 0. The van der Waals surface area contributed by atoms with Crippen molar-refractivity contribution in [1.29, 1.82) is 0 Å². The second kappa shape index (κ2) is 5.29. The van der Waals surface area contributed by atoms with E-state index in [0.717, 1.165) is 14.6 Å². The van der Waals surface area contributed by atoms with Crippen molar-refractivity contribution in [3.05, 3.63) is 27.1 Å². The highest BCUT2D eigenvalue weighted by atomic mass is 79.9. The number of para-hydroxylation sites is 1. The molecule has 1 aromatic rings. The van der Waals surface area contributed by atoms with E-state index in [2.05, 4.69) is 37.2 Å². The van der Waals surface area contributed by atoms with Gasteiger partial charge in [0.15, 0.2) is 0 Å². The van der Waals surface area contributed by atoms with Gasteiger partial charge in [-0.25, -0.2) is 0 Å². The highest BCUT2D eigenvalue weighted by Crippen LogP contribution is 2.31. The van der Waals surface area contributed by atoms with E-state index in [1.165, 1.54) is 0 Å². The second-order valence-corrected chi connectivity index (χ2v) is 5.85. The van der Waals surface area contributed by atoms with Crippen molar-refractivity contribution in [3.8, 4) is 0 Å². The van der Waals surface area contributed by atoms with E-state index in [0.29, 0.717) is 6.54 Å². The number of halogens is 2. The SMILES string of the molecule is CC(C)(CN)C(=O)Nc1c(Br)cccc1Br. The molecular weight excluding hydrogens is 336 g/mol. The lowest BCUT2D eigenvalue weighted by molar-refractivity contribution is -0.123. The zero-order valence-electron chi connectivity index (χ0n) is 9.18. The minimum absolute atomic E-state index is 0.0948. The van der Waals surface area contributed by atoms with Crippen LogP contribution in [0.5, 0.6) is 0 Å². The summed E-state index contributed by atoms with van der Waals surface area (Å²) in [6, 6.07) is 5.63. The van der Waals surface area contributed by atoms with Crippen LogP contribution >= 0.6 is 31.9 Å². The summed E-state index contributed by atoms with van der Waals surface area (Å²) < 4.78 is 1.67. The molecule has 1 aromatic carbocycles. The van der Waals surface area contributed by atoms with E-state index < -0.39 is 5.41 Å². The van der Waals surface area contributed by atoms with Crippen molar-refractivity contribution in [3.63, 3.8) is 0 Å². The molecule has 5 heteroatoms. The highest BCUT2D eigenvalue weighted by molar-refractivity contribution is 9.11. The van der Waals surface area contributed by atoms with E-state index in [9.17, 15) is 4.79 Å². The van der Waals surface area contributed by atoms with Crippen molar-refractivity contribution >= 4 is 43.5 Å². The van der Waals surface area contributed by atoms with Crippen molar-refractivity contribution in [2.45, 2.75) is 13.8 Å². The Bertz CT molecular complexity index is 385. The Hall–Kier alpha value is -0.390. The molecule has 88 valence electrons. The maximum atomic E-state index is 11.9. The van der Waals surface area contributed by atoms with Crippen LogP contribution in [0.1, 0.15) is 13.8 Å². The Labute approximate surface area is 112 Å². The summed E-state index contributed by atoms with van der Waals surface area (Å²) in [5, 5.41) is 2.86. The van der Waals surface area contributed by atoms with Crippen LogP contribution in [0, 0.1) is 5.41 Å². The average molecular weight is 350 g/mol. The largest absolute Gasteiger partial charge is 0.329 e. The second-order valence-electron chi connectivity index (χ2n) is 4.14. The molecule has 0 aliphatic rings. The minimum Gasteiger partial charge on any atom is -0.329 e. The fraction of sp³-hybridized carbons (Fsp3) is 0.364. The lowest BCUT2D eigenvalue weighted by atomic mass is 9.92. The number of hydrogen-bond acceptors (Lipinski definition) is 2. The van der Waals surface area contributed by atoms with Gasteiger partial charge in [0, 0.05) is 15.5 Å². The molecular formula is C11H14Br2N2O. The third-order valence-electron chi connectivity index (χ3n) is 2.33. The molecule has 0 bridgehead atoms. The number of carbonyl (C=O) groups is 1. The molecule has 0 saturated heterocycles. The Balaban J connectivity index is 2.94. The first-order chi connectivity index (χ1) is 7.38. The van der Waals surface area contributed by atoms with Gasteiger partial charge in [-0.15, -0.1) is 0 Å². The van der Waals surface area contributed by atoms with E-state index >= 15 is 0 Å². The van der Waals surface area contributed by atoms with Gasteiger partial charge in [0.05, 0.1) is 11.1 Å². The molecule has 0 aromatic heterocycles. The monoisotopic (exact) mass is 348 g/mol. The Kier molecular flexibility index (Phi) is 4.52. The molecule has 3 N–H and O–H groups in total. The highest BCUT2D eigenvalue weighted by Gasteiger charge is 2.26. The van der Waals surface area contributed by atoms with Gasteiger partial charge in [0.1, 0.15) is 0 Å². The average Bonchev–Trinajstić information content (AvgIpc) is 2.23. The molecule has 0 aliphatic heterocycles. The van der Waals surface area contributed by atoms with Gasteiger partial charge < -0.3 is 11.1 Å². The van der Waals surface area contributed by atoms with Crippen LogP contribution in [-0.2, 0) is 4.79 Å². The van der Waals surface area contributed by atoms with Crippen LogP contribution < -0.4 is 11.1 Å². The maximum Gasteiger partial charge on any atom is 0.231 e. The van der Waals surface area contributed by atoms with Gasteiger partial charge >= 0.3 is 0 Å². The number of anilines is 1. The van der Waals surface area contributed by atoms with Crippen molar-refractivity contribution in [2.24, 2.45) is 11.1 Å². The first-order valence-corrected chi connectivity index (χ1v) is 6.42. The van der Waals surface area contributed by atoms with Crippen molar-refractivity contribution < 1.29 is 4.79 Å². The summed E-state index contributed by atoms with van der Waals surface area (Å²) in [6.07, 6.45) is 0. The van der Waals surface area contributed by atoms with Crippen LogP contribution in [0.15, 0.2) is 27.1 Å². The smallest absolute Gasteiger partial charge is 0.231 e. The summed E-state index contributed by atoms with van der Waals surface area (Å²) in [5.74, 6) is -0.0948. The molecule has 0 unspecified atom stereocenters. The number of nitrogens with one attached hydrogen (secondary N) is 1. The first-order valence-electron chi connectivity index (χ1n) is 4.84. The summed E-state index contributed by atoms with van der Waals surface area (Å²) in [6.45, 7) is 3.93. The Morgan fingerprint density at radius 2 is 1.88 bits per heavy atom. The number of carbonyl (C=O) groups excluding carboxylic acids is 1. The van der Waals surface area contributed by atoms with Crippen LogP contribution in [-0.4, -0.2) is 12.5 Å². The lowest BCUT2D eigenvalue weighted by Crippen LogP contribution is -2.37. The van der Waals surface area contributed by atoms with Gasteiger partial charge in [0.2, 0.25) is 5.91 Å². The molecule has 0 spiro atoms. The van der Waals surface area contributed by atoms with Gasteiger partial charge in [-0.3, -0.25) is 4.79 Å². The summed E-state index contributed by atoms with van der Waals surface area (Å²) in [4.78, 5) is 11.9. The fourth-order valence-corrected chi connectivity index (χ4v) is 2.19. The van der Waals surface area contributed by atoms with Gasteiger partial charge in [-0.2, -0.15) is 0 Å². The third-order valence-corrected chi connectivity index (χ3v) is 3.65. The molecule has 0 fully saturated rings. The van der Waals surface area contributed by atoms with Crippen LogP contribution in [0.3, 0.4) is 0 Å². The van der Waals surface area contributed by atoms with E-state index in [-0.39, 0.29) is 5.91 Å². The topological polar surface area (TPSA) is 55.1 Å². The quantitative estimate of drug-likeness (QED) is 0.880. The Morgan fingerprint density at radius 3 is 2.31 bits per heavy atom. The number of hydrogen-bond donors (Lipinski definition) is 2. The van der Waals surface area contributed by atoms with Gasteiger partial charge in [-0.05, 0) is 57.8 Å². The molecule has 1 rings (SSSR count). The molecule has 0 atom stereocenters. The van der Waals surface area contributed by atoms with Gasteiger partial charge in [-0.1, -0.05) is 6.07 Å². The van der Waals surface area contributed by atoms with Crippen molar-refractivity contribution in [1.82, 2.24) is 0 Å². The third kappa shape index (κ3) is 3.06. The van der Waals surface area contributed by atoms with Crippen LogP contribution in [0.4, 0.5) is 5.69 Å². The minimum atomic E-state index is -0.575. The van der Waals surface area contributed by atoms with E-state index in [1.807, 2.05) is 32.0 Å².